The molecular weight excluding hydrogens is 470 g/mol. The molecule has 35 heavy (non-hydrogen) atoms. The quantitative estimate of drug-likeness (QED) is 0.247. The van der Waals surface area contributed by atoms with Crippen molar-refractivity contribution in [1.82, 2.24) is 0 Å². The zero-order chi connectivity index (χ0) is 25.2. The van der Waals surface area contributed by atoms with E-state index in [9.17, 15) is 22.0 Å². The van der Waals surface area contributed by atoms with Gasteiger partial charge in [-0.2, -0.15) is 0 Å². The Balaban J connectivity index is 1.54. The summed E-state index contributed by atoms with van der Waals surface area (Å²) in [5, 5.41) is 0.786. The molecule has 0 N–H and O–H groups in total. The molecule has 8 heteroatoms. The van der Waals surface area contributed by atoms with E-state index in [0.29, 0.717) is 34.7 Å². The Labute approximate surface area is 197 Å². The molecule has 0 aliphatic rings. The van der Waals surface area contributed by atoms with Gasteiger partial charge in [0.25, 0.3) is 0 Å². The van der Waals surface area contributed by atoms with Gasteiger partial charge in [0.1, 0.15) is 23.2 Å². The third-order valence-corrected chi connectivity index (χ3v) is 5.58. The van der Waals surface area contributed by atoms with Crippen LogP contribution in [0, 0.1) is 17.5 Å². The van der Waals surface area contributed by atoms with Crippen molar-refractivity contribution in [3.8, 4) is 16.9 Å². The van der Waals surface area contributed by atoms with E-state index >= 15 is 4.39 Å². The van der Waals surface area contributed by atoms with Gasteiger partial charge in [0, 0.05) is 12.5 Å². The Bertz CT molecular complexity index is 1320. The predicted molar refractivity (Wildman–Crippen MR) is 121 cm³/mol. The second-order valence-corrected chi connectivity index (χ2v) is 8.03. The van der Waals surface area contributed by atoms with Crippen LogP contribution in [0.25, 0.3) is 21.9 Å². The number of aryl methyl sites for hydroxylation is 2. The summed E-state index contributed by atoms with van der Waals surface area (Å²) in [6.07, 6.45) is -4.05. The fraction of sp³-hybridized carbons (Fsp3) is 0.185. The van der Waals surface area contributed by atoms with Crippen LogP contribution in [-0.4, -0.2) is 13.5 Å². The Morgan fingerprint density at radius 2 is 1.43 bits per heavy atom. The maximum atomic E-state index is 15.1. The van der Waals surface area contributed by atoms with E-state index in [-0.39, 0.29) is 23.5 Å². The molecule has 0 saturated heterocycles. The topological polar surface area (TPSA) is 18.5 Å². The zero-order valence-electron chi connectivity index (χ0n) is 18.6. The van der Waals surface area contributed by atoms with E-state index < -0.39 is 23.8 Å². The van der Waals surface area contributed by atoms with E-state index in [1.807, 2.05) is 0 Å². The number of halogens is 6. The first-order valence-electron chi connectivity index (χ1n) is 10.7. The smallest absolute Gasteiger partial charge is 0.406 e. The van der Waals surface area contributed by atoms with Gasteiger partial charge in [0.2, 0.25) is 0 Å². The number of benzene rings is 4. The molecule has 0 heterocycles. The SMILES string of the molecule is COCc1cc(F)c(-c2ccc3c(F)c(CCc4ccc(OC(F)(F)F)cc4)ccc3c2)c(F)c1. The molecule has 0 aromatic heterocycles. The molecule has 4 aromatic carbocycles. The van der Waals surface area contributed by atoms with Crippen LogP contribution in [0.2, 0.25) is 0 Å². The van der Waals surface area contributed by atoms with Gasteiger partial charge >= 0.3 is 6.36 Å². The highest BCUT2D eigenvalue weighted by Crippen LogP contribution is 2.32. The van der Waals surface area contributed by atoms with Crippen molar-refractivity contribution >= 4 is 10.8 Å². The van der Waals surface area contributed by atoms with Gasteiger partial charge in [-0.15, -0.1) is 13.2 Å². The van der Waals surface area contributed by atoms with E-state index in [1.165, 1.54) is 61.7 Å². The number of hydrogen-bond donors (Lipinski definition) is 0. The fourth-order valence-corrected chi connectivity index (χ4v) is 3.97. The summed E-state index contributed by atoms with van der Waals surface area (Å²) in [6.45, 7) is 0.0747. The minimum absolute atomic E-state index is 0.0747. The Morgan fingerprint density at radius 1 is 0.743 bits per heavy atom. The largest absolute Gasteiger partial charge is 0.573 e. The second kappa shape index (κ2) is 10.00. The van der Waals surface area contributed by atoms with Gasteiger partial charge < -0.3 is 9.47 Å². The first-order chi connectivity index (χ1) is 16.6. The van der Waals surface area contributed by atoms with E-state index in [1.54, 1.807) is 12.1 Å². The lowest BCUT2D eigenvalue weighted by Crippen LogP contribution is -2.17. The van der Waals surface area contributed by atoms with Crippen molar-refractivity contribution in [1.29, 1.82) is 0 Å². The Hall–Kier alpha value is -3.52. The van der Waals surface area contributed by atoms with Gasteiger partial charge in [-0.1, -0.05) is 36.4 Å². The van der Waals surface area contributed by atoms with Crippen LogP contribution in [0.5, 0.6) is 5.75 Å². The maximum Gasteiger partial charge on any atom is 0.573 e. The number of fused-ring (bicyclic) bond motifs is 1. The normalized spacial score (nSPS) is 11.7. The highest BCUT2D eigenvalue weighted by molar-refractivity contribution is 5.88. The zero-order valence-corrected chi connectivity index (χ0v) is 18.6. The van der Waals surface area contributed by atoms with Gasteiger partial charge in [-0.3, -0.25) is 0 Å². The summed E-state index contributed by atoms with van der Waals surface area (Å²) in [7, 11) is 1.43. The summed E-state index contributed by atoms with van der Waals surface area (Å²) in [6, 6.07) is 15.6. The standard InChI is InChI=1S/C27H20F6O2/c1-34-15-17-12-23(28)25(24(29)13-17)20-8-11-22-19(14-20)7-6-18(26(22)30)5-2-16-3-9-21(10-4-16)35-27(31,32)33/h3-4,6-14H,2,5,15H2,1H3. The van der Waals surface area contributed by atoms with Crippen LogP contribution >= 0.6 is 0 Å². The summed E-state index contributed by atoms with van der Waals surface area (Å²) < 4.78 is 90.0. The maximum absolute atomic E-state index is 15.1. The van der Waals surface area contributed by atoms with Crippen LogP contribution in [0.15, 0.2) is 66.7 Å². The lowest BCUT2D eigenvalue weighted by Gasteiger charge is -2.12. The molecule has 0 aliphatic heterocycles. The Kier molecular flexibility index (Phi) is 7.03. The molecule has 4 rings (SSSR count). The molecule has 0 fully saturated rings. The van der Waals surface area contributed by atoms with Gasteiger partial charge in [0.15, 0.2) is 0 Å². The predicted octanol–water partition coefficient (Wildman–Crippen LogP) is 7.75. The summed E-state index contributed by atoms with van der Waals surface area (Å²) in [5.74, 6) is -2.25. The third kappa shape index (κ3) is 5.77. The second-order valence-electron chi connectivity index (χ2n) is 8.03. The molecule has 0 atom stereocenters. The van der Waals surface area contributed by atoms with Crippen molar-refractivity contribution in [3.05, 3.63) is 101 Å². The molecular formula is C27H20F6O2. The first kappa shape index (κ1) is 24.6. The van der Waals surface area contributed by atoms with E-state index in [4.69, 9.17) is 4.74 Å². The number of methoxy groups -OCH3 is 1. The number of alkyl halides is 3. The molecule has 182 valence electrons. The van der Waals surface area contributed by atoms with Gasteiger partial charge in [0.05, 0.1) is 12.2 Å². The first-order valence-corrected chi connectivity index (χ1v) is 10.7. The van der Waals surface area contributed by atoms with Gasteiger partial charge in [-0.25, -0.2) is 13.2 Å². The molecule has 2 nitrogen and oxygen atoms in total. The molecule has 0 radical (unpaired) electrons. The highest BCUT2D eigenvalue weighted by Gasteiger charge is 2.30. The molecule has 0 unspecified atom stereocenters. The van der Waals surface area contributed by atoms with Crippen molar-refractivity contribution < 1.29 is 35.8 Å². The molecule has 0 spiro atoms. The third-order valence-electron chi connectivity index (χ3n) is 5.58. The van der Waals surface area contributed by atoms with Crippen molar-refractivity contribution in [2.24, 2.45) is 0 Å². The van der Waals surface area contributed by atoms with Gasteiger partial charge in [-0.05, 0) is 70.8 Å². The molecule has 0 aliphatic carbocycles. The number of hydrogen-bond acceptors (Lipinski definition) is 2. The monoisotopic (exact) mass is 490 g/mol. The summed E-state index contributed by atoms with van der Waals surface area (Å²) in [5.41, 5.74) is 1.59. The van der Waals surface area contributed by atoms with Crippen molar-refractivity contribution in [2.45, 2.75) is 25.8 Å². The fourth-order valence-electron chi connectivity index (χ4n) is 3.97. The lowest BCUT2D eigenvalue weighted by molar-refractivity contribution is -0.274. The molecule has 0 amide bonds. The van der Waals surface area contributed by atoms with Crippen LogP contribution in [0.1, 0.15) is 16.7 Å². The lowest BCUT2D eigenvalue weighted by atomic mass is 9.96. The van der Waals surface area contributed by atoms with E-state index in [0.717, 1.165) is 5.56 Å². The minimum atomic E-state index is -4.76. The van der Waals surface area contributed by atoms with Crippen molar-refractivity contribution in [2.75, 3.05) is 7.11 Å². The highest BCUT2D eigenvalue weighted by atomic mass is 19.4. The number of rotatable bonds is 7. The summed E-state index contributed by atoms with van der Waals surface area (Å²) >= 11 is 0. The molecule has 4 aromatic rings. The average molecular weight is 490 g/mol. The Morgan fingerprint density at radius 3 is 2.06 bits per heavy atom. The van der Waals surface area contributed by atoms with Crippen molar-refractivity contribution in [3.63, 3.8) is 0 Å². The molecule has 0 saturated carbocycles. The molecule has 0 bridgehead atoms. The van der Waals surface area contributed by atoms with Crippen LogP contribution in [0.4, 0.5) is 26.3 Å². The van der Waals surface area contributed by atoms with Crippen LogP contribution in [-0.2, 0) is 24.2 Å². The van der Waals surface area contributed by atoms with E-state index in [2.05, 4.69) is 4.74 Å². The minimum Gasteiger partial charge on any atom is -0.406 e. The average Bonchev–Trinajstić information content (AvgIpc) is 2.78. The van der Waals surface area contributed by atoms with Crippen LogP contribution < -0.4 is 4.74 Å². The summed E-state index contributed by atoms with van der Waals surface area (Å²) in [4.78, 5) is 0. The van der Waals surface area contributed by atoms with Crippen LogP contribution in [0.3, 0.4) is 0 Å². The number of ether oxygens (including phenoxy) is 2.